The summed E-state index contributed by atoms with van der Waals surface area (Å²) in [5.41, 5.74) is 6.46. The Morgan fingerprint density at radius 3 is 2.15 bits per heavy atom. The van der Waals surface area contributed by atoms with Crippen molar-refractivity contribution < 1.29 is 4.74 Å². The van der Waals surface area contributed by atoms with Crippen LogP contribution >= 0.6 is 0 Å². The number of nitrogens with one attached hydrogen (secondary N) is 2. The average molecular weight is 436 g/mol. The second-order valence-corrected chi connectivity index (χ2v) is 8.05. The maximum Gasteiger partial charge on any atom is 0.232 e. The number of hydrogen-bond acceptors (Lipinski definition) is 6. The molecule has 164 valence electrons. The van der Waals surface area contributed by atoms with Crippen molar-refractivity contribution in [2.45, 2.75) is 27.7 Å². The highest BCUT2D eigenvalue weighted by Crippen LogP contribution is 2.31. The van der Waals surface area contributed by atoms with E-state index in [4.69, 9.17) is 4.74 Å². The van der Waals surface area contributed by atoms with E-state index < -0.39 is 0 Å². The maximum absolute atomic E-state index is 9.23. The molecule has 4 aromatic rings. The van der Waals surface area contributed by atoms with Crippen LogP contribution in [0.4, 0.5) is 23.1 Å². The third-order valence-corrected chi connectivity index (χ3v) is 5.10. The zero-order valence-corrected chi connectivity index (χ0v) is 19.1. The molecule has 6 nitrogen and oxygen atoms in total. The highest BCUT2D eigenvalue weighted by atomic mass is 16.5. The molecule has 0 fully saturated rings. The summed E-state index contributed by atoms with van der Waals surface area (Å²) in [6, 6.07) is 23.6. The SMILES string of the molecule is Cc1ccc(Nc2nc(Nc3cccc(C)c3)cc(Oc3c(C)cc(C#N)cc3C)n2)cc1. The Bertz CT molecular complexity index is 1320. The zero-order chi connectivity index (χ0) is 23.4. The van der Waals surface area contributed by atoms with Crippen molar-refractivity contribution in [3.63, 3.8) is 0 Å². The molecule has 2 N–H and O–H groups in total. The Balaban J connectivity index is 1.70. The molecule has 1 heterocycles. The second kappa shape index (κ2) is 9.41. The van der Waals surface area contributed by atoms with Crippen LogP contribution < -0.4 is 15.4 Å². The van der Waals surface area contributed by atoms with Crippen LogP contribution in [-0.2, 0) is 0 Å². The first-order valence-corrected chi connectivity index (χ1v) is 10.7. The van der Waals surface area contributed by atoms with E-state index in [1.54, 1.807) is 18.2 Å². The Morgan fingerprint density at radius 1 is 0.758 bits per heavy atom. The highest BCUT2D eigenvalue weighted by molar-refractivity contribution is 5.62. The molecular weight excluding hydrogens is 410 g/mol. The first kappa shape index (κ1) is 21.8. The molecule has 33 heavy (non-hydrogen) atoms. The van der Waals surface area contributed by atoms with Crippen molar-refractivity contribution in [3.8, 4) is 17.7 Å². The highest BCUT2D eigenvalue weighted by Gasteiger charge is 2.12. The summed E-state index contributed by atoms with van der Waals surface area (Å²) in [5, 5.41) is 15.8. The van der Waals surface area contributed by atoms with Crippen LogP contribution in [0.5, 0.6) is 11.6 Å². The Labute approximate surface area is 193 Å². The monoisotopic (exact) mass is 435 g/mol. The summed E-state index contributed by atoms with van der Waals surface area (Å²) in [7, 11) is 0. The number of aryl methyl sites for hydroxylation is 4. The number of rotatable bonds is 6. The van der Waals surface area contributed by atoms with Gasteiger partial charge in [-0.05, 0) is 80.8 Å². The van der Waals surface area contributed by atoms with Crippen LogP contribution in [0.2, 0.25) is 0 Å². The topological polar surface area (TPSA) is 82.9 Å². The molecule has 1 aromatic heterocycles. The van der Waals surface area contributed by atoms with Gasteiger partial charge in [-0.3, -0.25) is 0 Å². The second-order valence-electron chi connectivity index (χ2n) is 8.05. The fraction of sp³-hybridized carbons (Fsp3) is 0.148. The molecule has 4 rings (SSSR count). The smallest absolute Gasteiger partial charge is 0.232 e. The van der Waals surface area contributed by atoms with E-state index in [1.807, 2.05) is 76.2 Å². The molecule has 0 amide bonds. The molecular formula is C27H25N5O. The lowest BCUT2D eigenvalue weighted by molar-refractivity contribution is 0.456. The fourth-order valence-corrected chi connectivity index (χ4v) is 3.51. The lowest BCUT2D eigenvalue weighted by atomic mass is 10.1. The lowest BCUT2D eigenvalue weighted by Gasteiger charge is -2.15. The number of benzene rings is 3. The summed E-state index contributed by atoms with van der Waals surface area (Å²) in [6.07, 6.45) is 0. The molecule has 0 aliphatic carbocycles. The van der Waals surface area contributed by atoms with Crippen molar-refractivity contribution in [2.24, 2.45) is 0 Å². The summed E-state index contributed by atoms with van der Waals surface area (Å²) in [4.78, 5) is 9.21. The van der Waals surface area contributed by atoms with Gasteiger partial charge in [0.15, 0.2) is 0 Å². The van der Waals surface area contributed by atoms with Crippen LogP contribution in [0.1, 0.15) is 27.8 Å². The van der Waals surface area contributed by atoms with Crippen LogP contribution in [0.3, 0.4) is 0 Å². The van der Waals surface area contributed by atoms with Gasteiger partial charge in [0.25, 0.3) is 0 Å². The summed E-state index contributed by atoms with van der Waals surface area (Å²) < 4.78 is 6.20. The van der Waals surface area contributed by atoms with E-state index in [2.05, 4.69) is 26.7 Å². The molecule has 0 aliphatic rings. The van der Waals surface area contributed by atoms with E-state index in [-0.39, 0.29) is 0 Å². The minimum atomic E-state index is 0.394. The van der Waals surface area contributed by atoms with Gasteiger partial charge in [-0.2, -0.15) is 15.2 Å². The predicted octanol–water partition coefficient (Wildman–Crippen LogP) is 6.86. The van der Waals surface area contributed by atoms with Gasteiger partial charge in [0.2, 0.25) is 11.8 Å². The van der Waals surface area contributed by atoms with Crippen molar-refractivity contribution in [1.29, 1.82) is 5.26 Å². The number of aromatic nitrogens is 2. The number of nitrogens with zero attached hydrogens (tertiary/aromatic N) is 3. The largest absolute Gasteiger partial charge is 0.438 e. The van der Waals surface area contributed by atoms with Crippen molar-refractivity contribution in [2.75, 3.05) is 10.6 Å². The quantitative estimate of drug-likeness (QED) is 0.344. The van der Waals surface area contributed by atoms with E-state index in [0.29, 0.717) is 29.0 Å². The van der Waals surface area contributed by atoms with Gasteiger partial charge in [-0.1, -0.05) is 29.8 Å². The normalized spacial score (nSPS) is 10.4. The number of anilines is 4. The van der Waals surface area contributed by atoms with Gasteiger partial charge in [-0.25, -0.2) is 0 Å². The van der Waals surface area contributed by atoms with Gasteiger partial charge in [0, 0.05) is 17.4 Å². The number of ether oxygens (including phenoxy) is 1. The standard InChI is InChI=1S/C27H25N5O/c1-17-8-10-22(11-9-17)30-27-31-24(29-23-7-5-6-18(2)12-23)15-25(32-27)33-26-19(3)13-21(16-28)14-20(26)4/h5-15H,1-4H3,(H2,29,30,31,32). The minimum absolute atomic E-state index is 0.394. The van der Waals surface area contributed by atoms with E-state index >= 15 is 0 Å². The molecule has 3 aromatic carbocycles. The van der Waals surface area contributed by atoms with Gasteiger partial charge in [-0.15, -0.1) is 0 Å². The van der Waals surface area contributed by atoms with E-state index in [9.17, 15) is 5.26 Å². The van der Waals surface area contributed by atoms with E-state index in [1.165, 1.54) is 5.56 Å². The average Bonchev–Trinajstić information content (AvgIpc) is 2.77. The Kier molecular flexibility index (Phi) is 6.23. The maximum atomic E-state index is 9.23. The van der Waals surface area contributed by atoms with Crippen LogP contribution in [0.15, 0.2) is 66.7 Å². The predicted molar refractivity (Wildman–Crippen MR) is 132 cm³/mol. The van der Waals surface area contributed by atoms with Crippen LogP contribution in [-0.4, -0.2) is 9.97 Å². The molecule has 0 radical (unpaired) electrons. The molecule has 0 bridgehead atoms. The Morgan fingerprint density at radius 2 is 1.48 bits per heavy atom. The van der Waals surface area contributed by atoms with Gasteiger partial charge in [0.05, 0.1) is 11.6 Å². The van der Waals surface area contributed by atoms with Gasteiger partial charge >= 0.3 is 0 Å². The van der Waals surface area contributed by atoms with Crippen molar-refractivity contribution in [1.82, 2.24) is 9.97 Å². The fourth-order valence-electron chi connectivity index (χ4n) is 3.51. The molecule has 0 saturated carbocycles. The third kappa shape index (κ3) is 5.46. The molecule has 0 aliphatic heterocycles. The number of nitriles is 1. The van der Waals surface area contributed by atoms with Crippen molar-refractivity contribution >= 4 is 23.1 Å². The molecule has 0 spiro atoms. The first-order chi connectivity index (χ1) is 15.9. The Hall–Kier alpha value is -4.37. The zero-order valence-electron chi connectivity index (χ0n) is 19.1. The minimum Gasteiger partial charge on any atom is -0.438 e. The molecule has 0 atom stereocenters. The lowest BCUT2D eigenvalue weighted by Crippen LogP contribution is -2.03. The molecule has 0 unspecified atom stereocenters. The third-order valence-electron chi connectivity index (χ3n) is 5.10. The van der Waals surface area contributed by atoms with Gasteiger partial charge in [0.1, 0.15) is 11.6 Å². The summed E-state index contributed by atoms with van der Waals surface area (Å²) in [6.45, 7) is 7.92. The van der Waals surface area contributed by atoms with Crippen LogP contribution in [0, 0.1) is 39.0 Å². The van der Waals surface area contributed by atoms with Crippen molar-refractivity contribution in [3.05, 3.63) is 94.5 Å². The van der Waals surface area contributed by atoms with Gasteiger partial charge < -0.3 is 15.4 Å². The molecule has 0 saturated heterocycles. The molecule has 6 heteroatoms. The van der Waals surface area contributed by atoms with E-state index in [0.717, 1.165) is 28.1 Å². The number of hydrogen-bond donors (Lipinski definition) is 2. The summed E-state index contributed by atoms with van der Waals surface area (Å²) >= 11 is 0. The van der Waals surface area contributed by atoms with Crippen LogP contribution in [0.25, 0.3) is 0 Å². The first-order valence-electron chi connectivity index (χ1n) is 10.7. The summed E-state index contributed by atoms with van der Waals surface area (Å²) in [5.74, 6) is 2.08.